The minimum atomic E-state index is -0.624. The van der Waals surface area contributed by atoms with Crippen molar-refractivity contribution in [1.82, 2.24) is 0 Å². The van der Waals surface area contributed by atoms with E-state index in [1.54, 1.807) is 7.11 Å². The molecule has 106 valence electrons. The Labute approximate surface area is 111 Å². The molecular formula is C15H28O3. The van der Waals surface area contributed by atoms with Gasteiger partial charge < -0.3 is 14.6 Å². The average molecular weight is 256 g/mol. The van der Waals surface area contributed by atoms with Crippen molar-refractivity contribution in [1.29, 1.82) is 0 Å². The number of ether oxygens (including phenoxy) is 2. The Balaban J connectivity index is 0.000000341. The van der Waals surface area contributed by atoms with Crippen molar-refractivity contribution in [3.63, 3.8) is 0 Å². The predicted octanol–water partition coefficient (Wildman–Crippen LogP) is 3.13. The van der Waals surface area contributed by atoms with Crippen LogP contribution >= 0.6 is 0 Å². The Hall–Kier alpha value is -0.380. The fourth-order valence-corrected chi connectivity index (χ4v) is 2.19. The molecule has 0 bridgehead atoms. The van der Waals surface area contributed by atoms with Gasteiger partial charge in [-0.15, -0.1) is 0 Å². The quantitative estimate of drug-likeness (QED) is 0.771. The lowest BCUT2D eigenvalue weighted by atomic mass is 9.84. The molecule has 1 aliphatic carbocycles. The molecule has 0 amide bonds. The van der Waals surface area contributed by atoms with E-state index < -0.39 is 5.79 Å². The molecule has 2 fully saturated rings. The van der Waals surface area contributed by atoms with Gasteiger partial charge in [-0.1, -0.05) is 32.9 Å². The van der Waals surface area contributed by atoms with Gasteiger partial charge in [-0.2, -0.15) is 0 Å². The van der Waals surface area contributed by atoms with Crippen molar-refractivity contribution < 1.29 is 14.6 Å². The summed E-state index contributed by atoms with van der Waals surface area (Å²) in [5.41, 5.74) is 1.42. The maximum atomic E-state index is 9.90. The highest BCUT2D eigenvalue weighted by atomic mass is 16.7. The molecule has 2 aliphatic rings. The number of hydrogen-bond acceptors (Lipinski definition) is 3. The summed E-state index contributed by atoms with van der Waals surface area (Å²) < 4.78 is 11.2. The van der Waals surface area contributed by atoms with Gasteiger partial charge in [0.15, 0.2) is 5.79 Å². The molecule has 0 aromatic heterocycles. The van der Waals surface area contributed by atoms with E-state index in [1.807, 2.05) is 13.8 Å². The summed E-state index contributed by atoms with van der Waals surface area (Å²) in [5, 5.41) is 9.90. The largest absolute Gasteiger partial charge is 0.393 e. The summed E-state index contributed by atoms with van der Waals surface area (Å²) >= 11 is 0. The lowest BCUT2D eigenvalue weighted by Gasteiger charge is -2.45. The van der Waals surface area contributed by atoms with Crippen molar-refractivity contribution in [3.8, 4) is 0 Å². The minimum Gasteiger partial charge on any atom is -0.393 e. The van der Waals surface area contributed by atoms with Crippen molar-refractivity contribution in [2.24, 2.45) is 11.8 Å². The second-order valence-electron chi connectivity index (χ2n) is 6.05. The maximum Gasteiger partial charge on any atom is 0.168 e. The van der Waals surface area contributed by atoms with E-state index in [4.69, 9.17) is 9.47 Å². The van der Waals surface area contributed by atoms with Crippen LogP contribution in [-0.4, -0.2) is 30.2 Å². The second kappa shape index (κ2) is 6.18. The average Bonchev–Trinajstić information content (AvgIpc) is 3.07. The van der Waals surface area contributed by atoms with Crippen LogP contribution in [0.4, 0.5) is 0 Å². The Bertz CT molecular complexity index is 281. The molecule has 3 nitrogen and oxygen atoms in total. The van der Waals surface area contributed by atoms with Crippen LogP contribution in [0.25, 0.3) is 0 Å². The molecule has 3 heteroatoms. The molecule has 1 aliphatic heterocycles. The monoisotopic (exact) mass is 256 g/mol. The van der Waals surface area contributed by atoms with Crippen LogP contribution < -0.4 is 0 Å². The predicted molar refractivity (Wildman–Crippen MR) is 73.3 cm³/mol. The lowest BCUT2D eigenvalue weighted by molar-refractivity contribution is -0.297. The number of aliphatic hydroxyl groups is 1. The van der Waals surface area contributed by atoms with Crippen LogP contribution in [0, 0.1) is 11.8 Å². The Kier molecular flexibility index (Phi) is 5.38. The van der Waals surface area contributed by atoms with E-state index in [0.29, 0.717) is 12.3 Å². The van der Waals surface area contributed by atoms with Gasteiger partial charge >= 0.3 is 0 Å². The third-order valence-electron chi connectivity index (χ3n) is 3.78. The Morgan fingerprint density at radius 1 is 1.44 bits per heavy atom. The number of hydrogen-bond donors (Lipinski definition) is 1. The topological polar surface area (TPSA) is 38.7 Å². The third-order valence-corrected chi connectivity index (χ3v) is 3.78. The molecule has 18 heavy (non-hydrogen) atoms. The molecule has 4 unspecified atom stereocenters. The molecule has 1 heterocycles. The highest BCUT2D eigenvalue weighted by Gasteiger charge is 2.43. The van der Waals surface area contributed by atoms with E-state index >= 15 is 0 Å². The van der Waals surface area contributed by atoms with Crippen molar-refractivity contribution in [3.05, 3.63) is 12.2 Å². The molecule has 0 aromatic carbocycles. The second-order valence-corrected chi connectivity index (χ2v) is 6.05. The Morgan fingerprint density at radius 3 is 2.28 bits per heavy atom. The first-order chi connectivity index (χ1) is 8.29. The van der Waals surface area contributed by atoms with E-state index in [9.17, 15) is 5.11 Å². The first-order valence-electron chi connectivity index (χ1n) is 6.86. The Morgan fingerprint density at radius 2 is 1.94 bits per heavy atom. The normalized spacial score (nSPS) is 39.3. The first kappa shape index (κ1) is 15.7. The SMILES string of the molecule is C=C1CC1.COC1(C)CC(O)C(C)C(C(C)C)O1. The van der Waals surface area contributed by atoms with Crippen molar-refractivity contribution >= 4 is 0 Å². The molecule has 1 N–H and O–H groups in total. The van der Waals surface area contributed by atoms with Crippen LogP contribution in [0.15, 0.2) is 12.2 Å². The zero-order chi connectivity index (χ0) is 13.9. The minimum absolute atomic E-state index is 0.0729. The number of rotatable bonds is 2. The van der Waals surface area contributed by atoms with Crippen LogP contribution in [0.5, 0.6) is 0 Å². The zero-order valence-electron chi connectivity index (χ0n) is 12.4. The fraction of sp³-hybridized carbons (Fsp3) is 0.867. The summed E-state index contributed by atoms with van der Waals surface area (Å²) in [6, 6.07) is 0. The van der Waals surface area contributed by atoms with Gasteiger partial charge in [0.05, 0.1) is 12.2 Å². The third kappa shape index (κ3) is 4.38. The summed E-state index contributed by atoms with van der Waals surface area (Å²) in [5.74, 6) is -0.0476. The number of allylic oxidation sites excluding steroid dienone is 1. The molecule has 0 aromatic rings. The van der Waals surface area contributed by atoms with E-state index in [-0.39, 0.29) is 18.1 Å². The summed E-state index contributed by atoms with van der Waals surface area (Å²) in [6.07, 6.45) is 2.87. The van der Waals surface area contributed by atoms with Crippen LogP contribution in [-0.2, 0) is 9.47 Å². The maximum absolute atomic E-state index is 9.90. The van der Waals surface area contributed by atoms with Gasteiger partial charge in [-0.25, -0.2) is 0 Å². The lowest BCUT2D eigenvalue weighted by Crippen LogP contribution is -2.51. The van der Waals surface area contributed by atoms with E-state index in [2.05, 4.69) is 20.4 Å². The molecule has 4 atom stereocenters. The van der Waals surface area contributed by atoms with Gasteiger partial charge in [-0.05, 0) is 25.7 Å². The van der Waals surface area contributed by atoms with Gasteiger partial charge in [-0.3, -0.25) is 0 Å². The standard InChI is InChI=1S/C11H22O3.C4H6/c1-7(2)10-8(3)9(12)6-11(4,13-5)14-10;1-4-2-3-4/h7-10,12H,6H2,1-5H3;1-3H2. The fourth-order valence-electron chi connectivity index (χ4n) is 2.19. The molecule has 1 saturated carbocycles. The van der Waals surface area contributed by atoms with Crippen LogP contribution in [0.3, 0.4) is 0 Å². The molecule has 0 radical (unpaired) electrons. The van der Waals surface area contributed by atoms with Gasteiger partial charge in [0.2, 0.25) is 0 Å². The number of methoxy groups -OCH3 is 1. The number of aliphatic hydroxyl groups excluding tert-OH is 1. The van der Waals surface area contributed by atoms with Gasteiger partial charge in [0, 0.05) is 19.4 Å². The molecule has 2 rings (SSSR count). The summed E-state index contributed by atoms with van der Waals surface area (Å²) in [7, 11) is 1.63. The van der Waals surface area contributed by atoms with E-state index in [0.717, 1.165) is 0 Å². The molecule has 0 spiro atoms. The van der Waals surface area contributed by atoms with Gasteiger partial charge in [0.1, 0.15) is 0 Å². The summed E-state index contributed by atoms with van der Waals surface area (Å²) in [6.45, 7) is 11.8. The zero-order valence-corrected chi connectivity index (χ0v) is 12.4. The van der Waals surface area contributed by atoms with Gasteiger partial charge in [0.25, 0.3) is 0 Å². The highest BCUT2D eigenvalue weighted by molar-refractivity contribution is 5.09. The van der Waals surface area contributed by atoms with Crippen molar-refractivity contribution in [2.45, 2.75) is 65.0 Å². The summed E-state index contributed by atoms with van der Waals surface area (Å²) in [4.78, 5) is 0. The molecule has 1 saturated heterocycles. The van der Waals surface area contributed by atoms with Crippen LogP contribution in [0.2, 0.25) is 0 Å². The smallest absolute Gasteiger partial charge is 0.168 e. The highest BCUT2D eigenvalue weighted by Crippen LogP contribution is 2.35. The van der Waals surface area contributed by atoms with E-state index in [1.165, 1.54) is 18.4 Å². The van der Waals surface area contributed by atoms with Crippen LogP contribution in [0.1, 0.15) is 47.0 Å². The first-order valence-corrected chi connectivity index (χ1v) is 6.86. The van der Waals surface area contributed by atoms with Crippen molar-refractivity contribution in [2.75, 3.05) is 7.11 Å². The molecular weight excluding hydrogens is 228 g/mol.